The smallest absolute Gasteiger partial charge is 0.229 e. The Morgan fingerprint density at radius 1 is 0.732 bits per heavy atom. The van der Waals surface area contributed by atoms with Crippen LogP contribution in [0, 0.1) is 6.92 Å². The summed E-state index contributed by atoms with van der Waals surface area (Å²) in [4.78, 5) is 4.08. The molecule has 0 aliphatic carbocycles. The molecule has 4 aromatic carbocycles. The molecule has 0 amide bonds. The van der Waals surface area contributed by atoms with Gasteiger partial charge < -0.3 is 14.8 Å². The summed E-state index contributed by atoms with van der Waals surface area (Å²) >= 11 is 0. The number of rotatable bonds is 11. The van der Waals surface area contributed by atoms with Crippen LogP contribution in [0.5, 0.6) is 23.0 Å². The van der Waals surface area contributed by atoms with E-state index in [-0.39, 0.29) is 6.04 Å². The molecule has 41 heavy (non-hydrogen) atoms. The summed E-state index contributed by atoms with van der Waals surface area (Å²) in [6, 6.07) is 34.8. The molecule has 1 unspecified atom stereocenters. The van der Waals surface area contributed by atoms with Gasteiger partial charge in [0.25, 0.3) is 0 Å². The summed E-state index contributed by atoms with van der Waals surface area (Å²) in [6.45, 7) is 1.90. The predicted octanol–water partition coefficient (Wildman–Crippen LogP) is 7.74. The standard InChI is InChI=1S/C33H31N3O4S/c1-24-31(14-7-15-32(24)36-41(2,37)38)35-33(21-25-9-4-3-5-10-25)26-16-18-27(19-17-26)39-28-11-6-12-29(22-28)40-30-13-8-20-34-23-30/h3-20,22-23,33,35-36H,21H2,1-2H3. The zero-order valence-corrected chi connectivity index (χ0v) is 23.6. The third kappa shape index (κ3) is 7.86. The van der Waals surface area contributed by atoms with Crippen molar-refractivity contribution in [1.29, 1.82) is 0 Å². The number of ether oxygens (including phenoxy) is 2. The number of hydrogen-bond donors (Lipinski definition) is 2. The van der Waals surface area contributed by atoms with Crippen molar-refractivity contribution in [3.05, 3.63) is 138 Å². The molecule has 0 bridgehead atoms. The first-order chi connectivity index (χ1) is 19.8. The maximum absolute atomic E-state index is 11.9. The van der Waals surface area contributed by atoms with E-state index in [2.05, 4.69) is 27.2 Å². The lowest BCUT2D eigenvalue weighted by Gasteiger charge is -2.23. The van der Waals surface area contributed by atoms with Crippen LogP contribution in [-0.2, 0) is 16.4 Å². The Morgan fingerprint density at radius 2 is 1.39 bits per heavy atom. The summed E-state index contributed by atoms with van der Waals surface area (Å²) in [5.41, 5.74) is 4.47. The molecule has 5 rings (SSSR count). The zero-order valence-electron chi connectivity index (χ0n) is 22.8. The van der Waals surface area contributed by atoms with Crippen molar-refractivity contribution >= 4 is 21.4 Å². The monoisotopic (exact) mass is 565 g/mol. The molecule has 1 atom stereocenters. The van der Waals surface area contributed by atoms with Crippen molar-refractivity contribution in [2.45, 2.75) is 19.4 Å². The van der Waals surface area contributed by atoms with E-state index in [1.165, 1.54) is 5.56 Å². The molecule has 0 aliphatic heterocycles. The fraction of sp³-hybridized carbons (Fsp3) is 0.121. The van der Waals surface area contributed by atoms with Gasteiger partial charge in [-0.1, -0.05) is 54.6 Å². The topological polar surface area (TPSA) is 89.5 Å². The summed E-state index contributed by atoms with van der Waals surface area (Å²) in [7, 11) is -3.40. The second-order valence-electron chi connectivity index (χ2n) is 9.68. The molecule has 8 heteroatoms. The van der Waals surface area contributed by atoms with E-state index in [1.54, 1.807) is 18.5 Å². The Labute approximate surface area is 240 Å². The molecule has 1 heterocycles. The highest BCUT2D eigenvalue weighted by atomic mass is 32.2. The molecule has 0 aliphatic rings. The third-order valence-electron chi connectivity index (χ3n) is 6.44. The Morgan fingerprint density at radius 3 is 2.07 bits per heavy atom. The number of aromatic nitrogens is 1. The highest BCUT2D eigenvalue weighted by Crippen LogP contribution is 2.32. The van der Waals surface area contributed by atoms with Crippen LogP contribution in [-0.4, -0.2) is 19.7 Å². The van der Waals surface area contributed by atoms with Crippen LogP contribution in [0.3, 0.4) is 0 Å². The van der Waals surface area contributed by atoms with E-state index in [0.717, 1.165) is 29.5 Å². The van der Waals surface area contributed by atoms with Crippen LogP contribution in [0.2, 0.25) is 0 Å². The minimum Gasteiger partial charge on any atom is -0.457 e. The number of benzene rings is 4. The molecule has 2 N–H and O–H groups in total. The molecule has 7 nitrogen and oxygen atoms in total. The lowest BCUT2D eigenvalue weighted by Crippen LogP contribution is -2.16. The minimum atomic E-state index is -3.40. The summed E-state index contributed by atoms with van der Waals surface area (Å²) in [5, 5.41) is 3.64. The third-order valence-corrected chi connectivity index (χ3v) is 7.03. The van der Waals surface area contributed by atoms with E-state index >= 15 is 0 Å². The number of pyridine rings is 1. The first kappa shape index (κ1) is 27.7. The average molecular weight is 566 g/mol. The predicted molar refractivity (Wildman–Crippen MR) is 163 cm³/mol. The van der Waals surface area contributed by atoms with Gasteiger partial charge in [0.1, 0.15) is 23.0 Å². The van der Waals surface area contributed by atoms with Gasteiger partial charge in [-0.05, 0) is 78.6 Å². The second kappa shape index (κ2) is 12.6. The maximum atomic E-state index is 11.9. The van der Waals surface area contributed by atoms with Gasteiger partial charge >= 0.3 is 0 Å². The van der Waals surface area contributed by atoms with Gasteiger partial charge in [0.15, 0.2) is 0 Å². The van der Waals surface area contributed by atoms with Crippen molar-refractivity contribution in [1.82, 2.24) is 4.98 Å². The van der Waals surface area contributed by atoms with E-state index in [4.69, 9.17) is 9.47 Å². The lowest BCUT2D eigenvalue weighted by molar-refractivity contribution is 0.459. The molecular weight excluding hydrogens is 534 g/mol. The first-order valence-corrected chi connectivity index (χ1v) is 15.1. The van der Waals surface area contributed by atoms with Crippen molar-refractivity contribution in [2.24, 2.45) is 0 Å². The van der Waals surface area contributed by atoms with Gasteiger partial charge in [-0.15, -0.1) is 0 Å². The summed E-state index contributed by atoms with van der Waals surface area (Å²) in [6.07, 6.45) is 5.24. The van der Waals surface area contributed by atoms with Gasteiger partial charge in [-0.25, -0.2) is 8.42 Å². The number of nitrogens with zero attached hydrogens (tertiary/aromatic N) is 1. The highest BCUT2D eigenvalue weighted by molar-refractivity contribution is 7.92. The second-order valence-corrected chi connectivity index (χ2v) is 11.4. The molecule has 0 fully saturated rings. The number of sulfonamides is 1. The average Bonchev–Trinajstić information content (AvgIpc) is 2.96. The molecule has 0 saturated heterocycles. The molecule has 0 saturated carbocycles. The SMILES string of the molecule is Cc1c(NC(Cc2ccccc2)c2ccc(Oc3cccc(Oc4cccnc4)c3)cc2)cccc1NS(C)(=O)=O. The number of hydrogen-bond acceptors (Lipinski definition) is 6. The fourth-order valence-electron chi connectivity index (χ4n) is 4.44. The van der Waals surface area contributed by atoms with Crippen molar-refractivity contribution in [3.8, 4) is 23.0 Å². The quantitative estimate of drug-likeness (QED) is 0.170. The minimum absolute atomic E-state index is 0.0742. The van der Waals surface area contributed by atoms with Crippen molar-refractivity contribution in [2.75, 3.05) is 16.3 Å². The zero-order chi connectivity index (χ0) is 28.7. The molecule has 0 spiro atoms. The van der Waals surface area contributed by atoms with Gasteiger partial charge in [0.2, 0.25) is 10.0 Å². The van der Waals surface area contributed by atoms with Gasteiger partial charge in [-0.3, -0.25) is 9.71 Å². The molecule has 1 aromatic heterocycles. The van der Waals surface area contributed by atoms with Gasteiger partial charge in [-0.2, -0.15) is 0 Å². The highest BCUT2D eigenvalue weighted by Gasteiger charge is 2.16. The molecule has 0 radical (unpaired) electrons. The van der Waals surface area contributed by atoms with Gasteiger partial charge in [0, 0.05) is 18.0 Å². The molecule has 5 aromatic rings. The fourth-order valence-corrected chi connectivity index (χ4v) is 5.06. The van der Waals surface area contributed by atoms with Crippen LogP contribution in [0.25, 0.3) is 0 Å². The van der Waals surface area contributed by atoms with Gasteiger partial charge in [0.05, 0.1) is 24.2 Å². The Kier molecular flexibility index (Phi) is 8.50. The van der Waals surface area contributed by atoms with Crippen LogP contribution >= 0.6 is 0 Å². The van der Waals surface area contributed by atoms with E-state index < -0.39 is 10.0 Å². The van der Waals surface area contributed by atoms with Crippen molar-refractivity contribution in [3.63, 3.8) is 0 Å². The van der Waals surface area contributed by atoms with Crippen LogP contribution in [0.15, 0.2) is 122 Å². The summed E-state index contributed by atoms with van der Waals surface area (Å²) in [5.74, 6) is 2.66. The van der Waals surface area contributed by atoms with Crippen LogP contribution < -0.4 is 19.5 Å². The van der Waals surface area contributed by atoms with Crippen LogP contribution in [0.1, 0.15) is 22.7 Å². The number of anilines is 2. The number of nitrogens with one attached hydrogen (secondary N) is 2. The Bertz CT molecular complexity index is 1690. The largest absolute Gasteiger partial charge is 0.457 e. The normalized spacial score (nSPS) is 11.9. The van der Waals surface area contributed by atoms with E-state index in [9.17, 15) is 8.42 Å². The van der Waals surface area contributed by atoms with Crippen molar-refractivity contribution < 1.29 is 17.9 Å². The van der Waals surface area contributed by atoms with E-state index in [1.807, 2.05) is 97.9 Å². The first-order valence-electron chi connectivity index (χ1n) is 13.2. The summed E-state index contributed by atoms with van der Waals surface area (Å²) < 4.78 is 38.3. The van der Waals surface area contributed by atoms with Crippen LogP contribution in [0.4, 0.5) is 11.4 Å². The Balaban J connectivity index is 1.35. The van der Waals surface area contributed by atoms with E-state index in [0.29, 0.717) is 28.7 Å². The lowest BCUT2D eigenvalue weighted by atomic mass is 9.98. The molecule has 208 valence electrons. The molecular formula is C33H31N3O4S. The Hall–Kier alpha value is -4.82. The maximum Gasteiger partial charge on any atom is 0.229 e.